The van der Waals surface area contributed by atoms with Crippen molar-refractivity contribution in [2.45, 2.75) is 26.1 Å². The maximum absolute atomic E-state index is 12.5. The second-order valence-corrected chi connectivity index (χ2v) is 6.31. The molecule has 0 atom stereocenters. The van der Waals surface area contributed by atoms with E-state index in [1.54, 1.807) is 24.3 Å². The Hall–Kier alpha value is -2.54. The van der Waals surface area contributed by atoms with Crippen LogP contribution >= 0.6 is 11.6 Å². The van der Waals surface area contributed by atoms with Crippen LogP contribution in [0.5, 0.6) is 0 Å². The summed E-state index contributed by atoms with van der Waals surface area (Å²) < 4.78 is 37.6. The molecule has 0 saturated heterocycles. The van der Waals surface area contributed by atoms with Gasteiger partial charge < -0.3 is 10.2 Å². The summed E-state index contributed by atoms with van der Waals surface area (Å²) in [4.78, 5) is 25.3. The molecule has 0 aliphatic carbocycles. The highest BCUT2D eigenvalue weighted by Crippen LogP contribution is 2.29. The molecule has 27 heavy (non-hydrogen) atoms. The lowest BCUT2D eigenvalue weighted by Crippen LogP contribution is -2.31. The number of carbonyl (C=O) groups is 2. The number of carbonyl (C=O) groups excluding carboxylic acids is 2. The molecule has 0 aromatic heterocycles. The number of hydrogen-bond donors (Lipinski definition) is 1. The molecule has 0 spiro atoms. The Morgan fingerprint density at radius 1 is 1.07 bits per heavy atom. The first kappa shape index (κ1) is 20.8. The van der Waals surface area contributed by atoms with E-state index in [0.717, 1.165) is 17.7 Å². The van der Waals surface area contributed by atoms with Crippen LogP contribution in [0.4, 0.5) is 18.9 Å². The lowest BCUT2D eigenvalue weighted by molar-refractivity contribution is -0.137. The molecule has 0 aliphatic rings. The van der Waals surface area contributed by atoms with Crippen LogP contribution < -0.4 is 5.32 Å². The maximum Gasteiger partial charge on any atom is 0.416 e. The Bertz CT molecular complexity index is 807. The zero-order valence-electron chi connectivity index (χ0n) is 14.5. The van der Waals surface area contributed by atoms with Crippen LogP contribution in [-0.4, -0.2) is 23.3 Å². The molecule has 4 nitrogen and oxygen atoms in total. The molecule has 0 saturated carbocycles. The van der Waals surface area contributed by atoms with Crippen LogP contribution in [0.15, 0.2) is 48.5 Å². The Labute approximate surface area is 159 Å². The fourth-order valence-electron chi connectivity index (χ4n) is 2.38. The number of nitrogens with zero attached hydrogens (tertiary/aromatic N) is 1. The normalized spacial score (nSPS) is 11.1. The van der Waals surface area contributed by atoms with Gasteiger partial charge in [0, 0.05) is 37.1 Å². The predicted octanol–water partition coefficient (Wildman–Crippen LogP) is 4.74. The molecular formula is C19H18ClF3N2O2. The zero-order valence-corrected chi connectivity index (χ0v) is 15.3. The number of anilines is 1. The number of nitrogens with one attached hydrogen (secondary N) is 1. The van der Waals surface area contributed by atoms with Crippen LogP contribution in [0.1, 0.15) is 24.5 Å². The molecule has 2 aromatic rings. The molecule has 0 heterocycles. The van der Waals surface area contributed by atoms with Crippen molar-refractivity contribution in [1.82, 2.24) is 4.90 Å². The summed E-state index contributed by atoms with van der Waals surface area (Å²) in [5.74, 6) is -0.614. The second-order valence-electron chi connectivity index (χ2n) is 5.91. The Kier molecular flexibility index (Phi) is 6.85. The SMILES string of the molecule is CC(=O)N(CCC(=O)Nc1ccc(C(F)(F)F)cc1)Cc1ccccc1Cl. The smallest absolute Gasteiger partial charge is 0.338 e. The minimum absolute atomic E-state index is 0.00501. The third kappa shape index (κ3) is 6.29. The molecule has 0 radical (unpaired) electrons. The van der Waals surface area contributed by atoms with Gasteiger partial charge in [0.05, 0.1) is 5.56 Å². The van der Waals surface area contributed by atoms with Gasteiger partial charge in [0.2, 0.25) is 11.8 Å². The van der Waals surface area contributed by atoms with Gasteiger partial charge in [-0.2, -0.15) is 13.2 Å². The molecule has 2 aromatic carbocycles. The molecule has 2 rings (SSSR count). The molecule has 0 bridgehead atoms. The molecule has 2 amide bonds. The monoisotopic (exact) mass is 398 g/mol. The standard InChI is InChI=1S/C19H18ClF3N2O2/c1-13(26)25(12-14-4-2-3-5-17(14)20)11-10-18(27)24-16-8-6-15(7-9-16)19(21,22)23/h2-9H,10-12H2,1H3,(H,24,27). The Balaban J connectivity index is 1.92. The molecule has 1 N–H and O–H groups in total. The van der Waals surface area contributed by atoms with E-state index in [4.69, 9.17) is 11.6 Å². The van der Waals surface area contributed by atoms with Crippen molar-refractivity contribution in [3.63, 3.8) is 0 Å². The van der Waals surface area contributed by atoms with E-state index in [2.05, 4.69) is 5.32 Å². The van der Waals surface area contributed by atoms with Crippen molar-refractivity contribution in [1.29, 1.82) is 0 Å². The van der Waals surface area contributed by atoms with E-state index in [-0.39, 0.29) is 31.1 Å². The van der Waals surface area contributed by atoms with Crippen LogP contribution in [-0.2, 0) is 22.3 Å². The number of alkyl halides is 3. The van der Waals surface area contributed by atoms with E-state index in [1.807, 2.05) is 0 Å². The van der Waals surface area contributed by atoms with Crippen LogP contribution in [0.25, 0.3) is 0 Å². The summed E-state index contributed by atoms with van der Waals surface area (Å²) in [6.07, 6.45) is -4.42. The third-order valence-corrected chi connectivity index (χ3v) is 4.24. The summed E-state index contributed by atoms with van der Waals surface area (Å²) in [6, 6.07) is 11.3. The van der Waals surface area contributed by atoms with Crippen LogP contribution in [0.2, 0.25) is 5.02 Å². The zero-order chi connectivity index (χ0) is 20.0. The average molecular weight is 399 g/mol. The third-order valence-electron chi connectivity index (χ3n) is 3.87. The highest BCUT2D eigenvalue weighted by molar-refractivity contribution is 6.31. The number of amides is 2. The first-order valence-electron chi connectivity index (χ1n) is 8.13. The van der Waals surface area contributed by atoms with Gasteiger partial charge in [-0.1, -0.05) is 29.8 Å². The van der Waals surface area contributed by atoms with Gasteiger partial charge in [-0.25, -0.2) is 0 Å². The predicted molar refractivity (Wildman–Crippen MR) is 97.2 cm³/mol. The highest BCUT2D eigenvalue weighted by atomic mass is 35.5. The van der Waals surface area contributed by atoms with Crippen molar-refractivity contribution < 1.29 is 22.8 Å². The molecule has 144 valence electrons. The fraction of sp³-hybridized carbons (Fsp3) is 0.263. The van der Waals surface area contributed by atoms with Crippen molar-refractivity contribution >= 4 is 29.1 Å². The van der Waals surface area contributed by atoms with Crippen LogP contribution in [0.3, 0.4) is 0 Å². The largest absolute Gasteiger partial charge is 0.416 e. The summed E-state index contributed by atoms with van der Waals surface area (Å²) in [7, 11) is 0. The van der Waals surface area contributed by atoms with Gasteiger partial charge in [0.15, 0.2) is 0 Å². The molecule has 0 unspecified atom stereocenters. The topological polar surface area (TPSA) is 49.4 Å². The second kappa shape index (κ2) is 8.90. The van der Waals surface area contributed by atoms with E-state index < -0.39 is 17.6 Å². The summed E-state index contributed by atoms with van der Waals surface area (Å²) in [5.41, 5.74) is 0.231. The summed E-state index contributed by atoms with van der Waals surface area (Å²) in [5, 5.41) is 3.05. The quantitative estimate of drug-likeness (QED) is 0.764. The number of halogens is 4. The minimum atomic E-state index is -4.43. The Morgan fingerprint density at radius 2 is 1.70 bits per heavy atom. The lowest BCUT2D eigenvalue weighted by Gasteiger charge is -2.21. The van der Waals surface area contributed by atoms with Gasteiger partial charge in [0.1, 0.15) is 0 Å². The van der Waals surface area contributed by atoms with Gasteiger partial charge in [-0.15, -0.1) is 0 Å². The Morgan fingerprint density at radius 3 is 2.26 bits per heavy atom. The number of benzene rings is 2. The maximum atomic E-state index is 12.5. The van der Waals surface area contributed by atoms with Crippen molar-refractivity contribution in [3.05, 3.63) is 64.7 Å². The van der Waals surface area contributed by atoms with Crippen molar-refractivity contribution in [2.75, 3.05) is 11.9 Å². The van der Waals surface area contributed by atoms with E-state index in [9.17, 15) is 22.8 Å². The van der Waals surface area contributed by atoms with E-state index >= 15 is 0 Å². The molecule has 8 heteroatoms. The number of rotatable bonds is 6. The van der Waals surface area contributed by atoms with E-state index in [0.29, 0.717) is 5.02 Å². The van der Waals surface area contributed by atoms with Crippen molar-refractivity contribution in [3.8, 4) is 0 Å². The highest BCUT2D eigenvalue weighted by Gasteiger charge is 2.30. The van der Waals surface area contributed by atoms with Gasteiger partial charge in [0.25, 0.3) is 0 Å². The van der Waals surface area contributed by atoms with Crippen molar-refractivity contribution in [2.24, 2.45) is 0 Å². The van der Waals surface area contributed by atoms with Gasteiger partial charge in [-0.3, -0.25) is 9.59 Å². The minimum Gasteiger partial charge on any atom is -0.338 e. The lowest BCUT2D eigenvalue weighted by atomic mass is 10.2. The fourth-order valence-corrected chi connectivity index (χ4v) is 2.58. The van der Waals surface area contributed by atoms with Crippen LogP contribution in [0, 0.1) is 0 Å². The average Bonchev–Trinajstić information content (AvgIpc) is 2.59. The van der Waals surface area contributed by atoms with Gasteiger partial charge >= 0.3 is 6.18 Å². The first-order chi connectivity index (χ1) is 12.7. The molecule has 0 fully saturated rings. The first-order valence-corrected chi connectivity index (χ1v) is 8.50. The van der Waals surface area contributed by atoms with Gasteiger partial charge in [-0.05, 0) is 35.9 Å². The summed E-state index contributed by atoms with van der Waals surface area (Å²) in [6.45, 7) is 1.82. The molecular weight excluding hydrogens is 381 g/mol. The molecule has 0 aliphatic heterocycles. The number of hydrogen-bond acceptors (Lipinski definition) is 2. The van der Waals surface area contributed by atoms with E-state index in [1.165, 1.54) is 24.0 Å². The summed E-state index contributed by atoms with van der Waals surface area (Å²) >= 11 is 6.09.